The predicted molar refractivity (Wildman–Crippen MR) is 155 cm³/mol. The number of hydrogen-bond acceptors (Lipinski definition) is 8. The number of rotatable bonds is 11. The molecular formula is C30H35N7O3. The number of amides is 1. The Morgan fingerprint density at radius 3 is 2.65 bits per heavy atom. The third kappa shape index (κ3) is 6.13. The molecule has 1 amide bonds. The first kappa shape index (κ1) is 27.3. The summed E-state index contributed by atoms with van der Waals surface area (Å²) in [4.78, 5) is 25.8. The van der Waals surface area contributed by atoms with Crippen LogP contribution in [0.15, 0.2) is 73.1 Å². The van der Waals surface area contributed by atoms with E-state index in [9.17, 15) is 4.79 Å². The van der Waals surface area contributed by atoms with E-state index in [0.717, 1.165) is 36.6 Å². The molecule has 1 aliphatic heterocycles. The number of aromatic nitrogens is 4. The van der Waals surface area contributed by atoms with Crippen LogP contribution in [0.2, 0.25) is 0 Å². The standard InChI is InChI=1S/C30H35N7O3/c1-3-35(18-19-39-2)16-7-10-26(38)36-17-15-23(20-36)37-30-27(29(31)32-21-33-30)28(34-37)22-11-13-25(14-12-22)40-24-8-5-4-6-9-24/h4-14,21,23H,3,15-20H2,1-2H3,(H2,31,32,33)/b10-7+. The van der Waals surface area contributed by atoms with E-state index in [-0.39, 0.29) is 11.9 Å². The van der Waals surface area contributed by atoms with E-state index < -0.39 is 0 Å². The first-order valence-electron chi connectivity index (χ1n) is 13.6. The van der Waals surface area contributed by atoms with Crippen molar-refractivity contribution in [1.82, 2.24) is 29.5 Å². The summed E-state index contributed by atoms with van der Waals surface area (Å²) in [7, 11) is 1.70. The summed E-state index contributed by atoms with van der Waals surface area (Å²) in [5.74, 6) is 1.87. The molecule has 1 atom stereocenters. The molecule has 0 saturated carbocycles. The molecule has 10 nitrogen and oxygen atoms in total. The molecule has 2 N–H and O–H groups in total. The van der Waals surface area contributed by atoms with E-state index in [1.807, 2.05) is 70.3 Å². The van der Waals surface area contributed by atoms with Gasteiger partial charge in [0.1, 0.15) is 29.3 Å². The Hall–Kier alpha value is -4.28. The largest absolute Gasteiger partial charge is 0.457 e. The second-order valence-corrected chi connectivity index (χ2v) is 9.71. The van der Waals surface area contributed by atoms with Crippen molar-refractivity contribution in [3.63, 3.8) is 0 Å². The SMILES string of the molecule is CCN(C/C=C/C(=O)N1CCC(n2nc(-c3ccc(Oc4ccccc4)cc3)c3c(N)ncnc32)C1)CCOC. The number of ether oxygens (including phenoxy) is 2. The van der Waals surface area contributed by atoms with Gasteiger partial charge in [0.05, 0.1) is 18.0 Å². The van der Waals surface area contributed by atoms with Crippen LogP contribution in [-0.2, 0) is 9.53 Å². The van der Waals surface area contributed by atoms with Gasteiger partial charge >= 0.3 is 0 Å². The molecule has 5 rings (SSSR count). The maximum atomic E-state index is 12.9. The van der Waals surface area contributed by atoms with Gasteiger partial charge in [-0.15, -0.1) is 0 Å². The topological polar surface area (TPSA) is 112 Å². The fraction of sp³-hybridized carbons (Fsp3) is 0.333. The Kier molecular flexibility index (Phi) is 8.68. The highest BCUT2D eigenvalue weighted by molar-refractivity contribution is 5.98. The molecule has 0 radical (unpaired) electrons. The zero-order valence-corrected chi connectivity index (χ0v) is 22.9. The average molecular weight is 542 g/mol. The molecule has 40 heavy (non-hydrogen) atoms. The monoisotopic (exact) mass is 541 g/mol. The lowest BCUT2D eigenvalue weighted by atomic mass is 10.1. The fourth-order valence-electron chi connectivity index (χ4n) is 4.91. The molecular weight excluding hydrogens is 506 g/mol. The summed E-state index contributed by atoms with van der Waals surface area (Å²) in [6.45, 7) is 6.41. The third-order valence-corrected chi connectivity index (χ3v) is 7.13. The summed E-state index contributed by atoms with van der Waals surface area (Å²) >= 11 is 0. The zero-order valence-electron chi connectivity index (χ0n) is 22.9. The number of nitrogens with zero attached hydrogens (tertiary/aromatic N) is 6. The zero-order chi connectivity index (χ0) is 27.9. The average Bonchev–Trinajstić information content (AvgIpc) is 3.62. The van der Waals surface area contributed by atoms with Crippen molar-refractivity contribution in [3.05, 3.63) is 73.1 Å². The second-order valence-electron chi connectivity index (χ2n) is 9.71. The van der Waals surface area contributed by atoms with E-state index in [1.165, 1.54) is 6.33 Å². The van der Waals surface area contributed by atoms with E-state index in [2.05, 4.69) is 21.8 Å². The molecule has 2 aromatic heterocycles. The Labute approximate surface area is 234 Å². The van der Waals surface area contributed by atoms with E-state index in [0.29, 0.717) is 48.8 Å². The maximum Gasteiger partial charge on any atom is 0.246 e. The Morgan fingerprint density at radius 2 is 1.90 bits per heavy atom. The smallest absolute Gasteiger partial charge is 0.246 e. The van der Waals surface area contributed by atoms with E-state index >= 15 is 0 Å². The van der Waals surface area contributed by atoms with Crippen LogP contribution in [0.5, 0.6) is 11.5 Å². The number of hydrogen-bond donors (Lipinski definition) is 1. The van der Waals surface area contributed by atoms with Crippen molar-refractivity contribution in [1.29, 1.82) is 0 Å². The molecule has 0 spiro atoms. The summed E-state index contributed by atoms with van der Waals surface area (Å²) < 4.78 is 13.0. The molecule has 1 fully saturated rings. The summed E-state index contributed by atoms with van der Waals surface area (Å²) in [5, 5.41) is 5.66. The Bertz CT molecular complexity index is 1450. The van der Waals surface area contributed by atoms with Crippen LogP contribution in [-0.4, -0.2) is 81.9 Å². The highest BCUT2D eigenvalue weighted by Gasteiger charge is 2.30. The number of para-hydroxylation sites is 1. The van der Waals surface area contributed by atoms with Crippen molar-refractivity contribution in [3.8, 4) is 22.8 Å². The summed E-state index contributed by atoms with van der Waals surface area (Å²) in [5.41, 5.74) is 8.58. The van der Waals surface area contributed by atoms with Gasteiger partial charge < -0.3 is 20.1 Å². The minimum Gasteiger partial charge on any atom is -0.457 e. The number of fused-ring (bicyclic) bond motifs is 1. The molecule has 0 aliphatic carbocycles. The molecule has 1 aliphatic rings. The van der Waals surface area contributed by atoms with E-state index in [4.69, 9.17) is 20.3 Å². The predicted octanol–water partition coefficient (Wildman–Crippen LogP) is 4.17. The summed E-state index contributed by atoms with van der Waals surface area (Å²) in [6.07, 6.45) is 5.83. The number of carbonyl (C=O) groups is 1. The molecule has 2 aromatic carbocycles. The van der Waals surface area contributed by atoms with Crippen LogP contribution in [0.4, 0.5) is 5.82 Å². The minimum absolute atomic E-state index is 0.00474. The lowest BCUT2D eigenvalue weighted by molar-refractivity contribution is -0.125. The molecule has 4 aromatic rings. The van der Waals surface area contributed by atoms with E-state index in [1.54, 1.807) is 13.2 Å². The highest BCUT2D eigenvalue weighted by Crippen LogP contribution is 2.35. The van der Waals surface area contributed by atoms with Crippen LogP contribution in [0, 0.1) is 0 Å². The second kappa shape index (κ2) is 12.7. The molecule has 10 heteroatoms. The third-order valence-electron chi connectivity index (χ3n) is 7.13. The lowest BCUT2D eigenvalue weighted by Crippen LogP contribution is -2.29. The Balaban J connectivity index is 1.32. The van der Waals surface area contributed by atoms with Crippen molar-refractivity contribution >= 4 is 22.8 Å². The van der Waals surface area contributed by atoms with Crippen molar-refractivity contribution in [2.45, 2.75) is 19.4 Å². The van der Waals surface area contributed by atoms with Gasteiger partial charge in [0.2, 0.25) is 5.91 Å². The van der Waals surface area contributed by atoms with Crippen LogP contribution in [0.25, 0.3) is 22.3 Å². The quantitative estimate of drug-likeness (QED) is 0.282. The highest BCUT2D eigenvalue weighted by atomic mass is 16.5. The first-order chi connectivity index (χ1) is 19.6. The van der Waals surface area contributed by atoms with Gasteiger partial charge in [0.15, 0.2) is 5.65 Å². The molecule has 208 valence electrons. The molecule has 0 bridgehead atoms. The van der Waals surface area contributed by atoms with Gasteiger partial charge in [-0.3, -0.25) is 9.69 Å². The molecule has 1 unspecified atom stereocenters. The van der Waals surface area contributed by atoms with Gasteiger partial charge in [0.25, 0.3) is 0 Å². The normalized spacial score (nSPS) is 15.5. The van der Waals surface area contributed by atoms with Crippen LogP contribution >= 0.6 is 0 Å². The molecule has 3 heterocycles. The van der Waals surface area contributed by atoms with Crippen LogP contribution in [0.1, 0.15) is 19.4 Å². The van der Waals surface area contributed by atoms with Crippen molar-refractivity contribution in [2.24, 2.45) is 0 Å². The number of likely N-dealkylation sites (tertiary alicyclic amines) is 1. The van der Waals surface area contributed by atoms with Crippen LogP contribution in [0.3, 0.4) is 0 Å². The Morgan fingerprint density at radius 1 is 1.12 bits per heavy atom. The van der Waals surface area contributed by atoms with Gasteiger partial charge in [-0.05, 0) is 49.4 Å². The van der Waals surface area contributed by atoms with Crippen LogP contribution < -0.4 is 10.5 Å². The number of methoxy groups -OCH3 is 1. The van der Waals surface area contributed by atoms with Gasteiger partial charge in [0, 0.05) is 44.9 Å². The fourth-order valence-corrected chi connectivity index (χ4v) is 4.91. The summed E-state index contributed by atoms with van der Waals surface area (Å²) in [6, 6.07) is 17.4. The maximum absolute atomic E-state index is 12.9. The minimum atomic E-state index is -0.0163. The lowest BCUT2D eigenvalue weighted by Gasteiger charge is -2.18. The van der Waals surface area contributed by atoms with Crippen molar-refractivity contribution < 1.29 is 14.3 Å². The number of carbonyl (C=O) groups excluding carboxylic acids is 1. The van der Waals surface area contributed by atoms with Crippen molar-refractivity contribution in [2.75, 3.05) is 52.2 Å². The number of anilines is 1. The number of likely N-dealkylation sites (N-methyl/N-ethyl adjacent to an activating group) is 1. The van der Waals surface area contributed by atoms with Gasteiger partial charge in [-0.25, -0.2) is 14.6 Å². The van der Waals surface area contributed by atoms with Gasteiger partial charge in [-0.2, -0.15) is 5.10 Å². The number of nitrogens with two attached hydrogens (primary N) is 1. The van der Waals surface area contributed by atoms with Gasteiger partial charge in [-0.1, -0.05) is 31.2 Å². The first-order valence-corrected chi connectivity index (χ1v) is 13.6. The number of benzene rings is 2. The number of nitrogen functional groups attached to an aromatic ring is 1. The molecule has 1 saturated heterocycles.